The van der Waals surface area contributed by atoms with E-state index in [0.717, 1.165) is 5.56 Å². The van der Waals surface area contributed by atoms with E-state index in [1.165, 1.54) is 0 Å². The summed E-state index contributed by atoms with van der Waals surface area (Å²) in [6.07, 6.45) is 0. The Morgan fingerprint density at radius 1 is 1.12 bits per heavy atom. The maximum Gasteiger partial charge on any atom is 0.312 e. The molecule has 0 aromatic heterocycles. The van der Waals surface area contributed by atoms with E-state index in [9.17, 15) is 14.4 Å². The monoisotopic (exact) mass is 351 g/mol. The van der Waals surface area contributed by atoms with Gasteiger partial charge >= 0.3 is 6.03 Å². The molecule has 0 spiro atoms. The Balaban J connectivity index is 2.38. The van der Waals surface area contributed by atoms with Crippen molar-refractivity contribution in [1.29, 1.82) is 5.41 Å². The number of amides is 4. The zero-order valence-electron chi connectivity index (χ0n) is 13.3. The molecule has 0 aliphatic heterocycles. The highest BCUT2D eigenvalue weighted by Gasteiger charge is 2.18. The molecule has 11 heteroatoms. The van der Waals surface area contributed by atoms with E-state index in [2.05, 4.69) is 16.0 Å². The van der Waals surface area contributed by atoms with Crippen LogP contribution in [0.2, 0.25) is 0 Å². The molecule has 4 amide bonds. The fourth-order valence-corrected chi connectivity index (χ4v) is 1.78. The molecule has 0 saturated carbocycles. The van der Waals surface area contributed by atoms with Crippen molar-refractivity contribution >= 4 is 29.5 Å². The van der Waals surface area contributed by atoms with Gasteiger partial charge in [0.05, 0.1) is 13.2 Å². The summed E-state index contributed by atoms with van der Waals surface area (Å²) in [6, 6.07) is 4.71. The van der Waals surface area contributed by atoms with Crippen molar-refractivity contribution in [3.63, 3.8) is 0 Å². The molecule has 11 nitrogen and oxygen atoms in total. The average Bonchev–Trinajstić information content (AvgIpc) is 2.56. The highest BCUT2D eigenvalue weighted by Crippen LogP contribution is 2.08. The number of benzene rings is 1. The van der Waals surface area contributed by atoms with Crippen molar-refractivity contribution in [1.82, 2.24) is 16.0 Å². The van der Waals surface area contributed by atoms with E-state index in [4.69, 9.17) is 22.0 Å². The van der Waals surface area contributed by atoms with Crippen molar-refractivity contribution in [2.75, 3.05) is 18.5 Å². The third-order valence-electron chi connectivity index (χ3n) is 2.96. The van der Waals surface area contributed by atoms with Gasteiger partial charge in [0, 0.05) is 12.2 Å². The smallest absolute Gasteiger partial charge is 0.312 e. The minimum absolute atomic E-state index is 0.177. The van der Waals surface area contributed by atoms with Gasteiger partial charge in [0.15, 0.2) is 5.96 Å². The van der Waals surface area contributed by atoms with Crippen LogP contribution in [0, 0.1) is 5.41 Å². The number of carbonyl (C=O) groups excluding carboxylic acids is 3. The Morgan fingerprint density at radius 2 is 1.76 bits per heavy atom. The minimum atomic E-state index is -1.22. The first-order valence-electron chi connectivity index (χ1n) is 7.23. The highest BCUT2D eigenvalue weighted by atomic mass is 16.3. The fraction of sp³-hybridized carbons (Fsp3) is 0.286. The van der Waals surface area contributed by atoms with E-state index >= 15 is 0 Å². The van der Waals surface area contributed by atoms with Crippen molar-refractivity contribution in [3.05, 3.63) is 29.8 Å². The number of hydrogen-bond acceptors (Lipinski definition) is 5. The molecule has 0 aliphatic rings. The number of primary amides is 1. The van der Waals surface area contributed by atoms with Gasteiger partial charge in [0.25, 0.3) is 0 Å². The van der Waals surface area contributed by atoms with Gasteiger partial charge in [0.1, 0.15) is 6.04 Å². The second-order valence-corrected chi connectivity index (χ2v) is 4.97. The van der Waals surface area contributed by atoms with Crippen LogP contribution in [0.4, 0.5) is 10.5 Å². The zero-order chi connectivity index (χ0) is 18.8. The van der Waals surface area contributed by atoms with Crippen LogP contribution in [0.15, 0.2) is 24.3 Å². The molecule has 1 aromatic rings. The minimum Gasteiger partial charge on any atom is -0.394 e. The highest BCUT2D eigenvalue weighted by molar-refractivity contribution is 5.90. The number of guanidine groups is 1. The molecule has 25 heavy (non-hydrogen) atoms. The molecule has 1 unspecified atom stereocenters. The quantitative estimate of drug-likeness (QED) is 0.192. The summed E-state index contributed by atoms with van der Waals surface area (Å²) >= 11 is 0. The molecule has 10 N–H and O–H groups in total. The first-order chi connectivity index (χ1) is 11.8. The number of anilines is 1. The number of rotatable bonds is 8. The molecule has 0 aliphatic carbocycles. The summed E-state index contributed by atoms with van der Waals surface area (Å²) in [6.45, 7) is -0.727. The number of aliphatic hydroxyl groups excluding tert-OH is 1. The molecule has 0 fully saturated rings. The van der Waals surface area contributed by atoms with Crippen molar-refractivity contribution in [2.45, 2.75) is 12.6 Å². The molecule has 1 rings (SSSR count). The topological polar surface area (TPSA) is 195 Å². The fourth-order valence-electron chi connectivity index (χ4n) is 1.78. The van der Waals surface area contributed by atoms with Crippen LogP contribution in [-0.4, -0.2) is 48.1 Å². The third kappa shape index (κ3) is 7.65. The number of aliphatic hydroxyl groups is 1. The number of carbonyl (C=O) groups is 3. The van der Waals surface area contributed by atoms with Gasteiger partial charge < -0.3 is 37.8 Å². The first-order valence-corrected chi connectivity index (χ1v) is 7.23. The number of nitrogens with one attached hydrogen (secondary N) is 5. The number of hydrogen-bond donors (Lipinski definition) is 8. The average molecular weight is 351 g/mol. The molecule has 0 radical (unpaired) electrons. The normalized spacial score (nSPS) is 11.1. The molecule has 0 saturated heterocycles. The summed E-state index contributed by atoms with van der Waals surface area (Å²) < 4.78 is 0. The van der Waals surface area contributed by atoms with E-state index in [0.29, 0.717) is 5.69 Å². The van der Waals surface area contributed by atoms with Crippen LogP contribution >= 0.6 is 0 Å². The summed E-state index contributed by atoms with van der Waals surface area (Å²) in [4.78, 5) is 34.0. The van der Waals surface area contributed by atoms with E-state index < -0.39 is 30.5 Å². The van der Waals surface area contributed by atoms with Crippen LogP contribution < -0.4 is 32.7 Å². The summed E-state index contributed by atoms with van der Waals surface area (Å²) in [5, 5.41) is 25.6. The van der Waals surface area contributed by atoms with Gasteiger partial charge in [-0.3, -0.25) is 15.0 Å². The van der Waals surface area contributed by atoms with E-state index in [-0.39, 0.29) is 19.0 Å². The number of nitrogens with two attached hydrogens (primary N) is 2. The van der Waals surface area contributed by atoms with Crippen molar-refractivity contribution in [2.24, 2.45) is 11.5 Å². The maximum atomic E-state index is 11.7. The van der Waals surface area contributed by atoms with Crippen LogP contribution in [0.3, 0.4) is 0 Å². The van der Waals surface area contributed by atoms with Gasteiger partial charge in [-0.25, -0.2) is 4.79 Å². The van der Waals surface area contributed by atoms with Crippen molar-refractivity contribution in [3.8, 4) is 0 Å². The molecular weight excluding hydrogens is 330 g/mol. The molecular formula is C14H21N7O4. The second kappa shape index (κ2) is 9.72. The molecule has 0 heterocycles. The van der Waals surface area contributed by atoms with Crippen molar-refractivity contribution < 1.29 is 19.5 Å². The van der Waals surface area contributed by atoms with Gasteiger partial charge in [0.2, 0.25) is 11.8 Å². The maximum absolute atomic E-state index is 11.7. The SMILES string of the molecule is N=C(N)Nc1ccc(CNC(=O)CNC(=O)C(CO)NC(N)=O)cc1. The molecule has 136 valence electrons. The van der Waals surface area contributed by atoms with Gasteiger partial charge in [-0.1, -0.05) is 12.1 Å². The second-order valence-electron chi connectivity index (χ2n) is 4.97. The summed E-state index contributed by atoms with van der Waals surface area (Å²) in [5.74, 6) is -1.35. The Kier molecular flexibility index (Phi) is 7.66. The van der Waals surface area contributed by atoms with E-state index in [1.54, 1.807) is 24.3 Å². The Hall–Kier alpha value is -3.34. The van der Waals surface area contributed by atoms with Crippen LogP contribution in [0.5, 0.6) is 0 Å². The Bertz CT molecular complexity index is 633. The molecule has 1 aromatic carbocycles. The lowest BCUT2D eigenvalue weighted by Crippen LogP contribution is -2.52. The van der Waals surface area contributed by atoms with E-state index in [1.807, 2.05) is 5.32 Å². The largest absolute Gasteiger partial charge is 0.394 e. The van der Waals surface area contributed by atoms with Crippen LogP contribution in [-0.2, 0) is 16.1 Å². The summed E-state index contributed by atoms with van der Waals surface area (Å²) in [5.41, 5.74) is 11.5. The standard InChI is InChI=1S/C14H21N7O4/c15-13(16)20-9-3-1-8(2-4-9)5-18-11(23)6-19-12(24)10(7-22)21-14(17)25/h1-4,10,22H,5-7H2,(H,18,23)(H,19,24)(H4,15,16,20)(H3,17,21,25). The summed E-state index contributed by atoms with van der Waals surface area (Å²) in [7, 11) is 0. The van der Waals surface area contributed by atoms with Gasteiger partial charge in [-0.2, -0.15) is 0 Å². The predicted molar refractivity (Wildman–Crippen MR) is 90.4 cm³/mol. The van der Waals surface area contributed by atoms with Gasteiger partial charge in [-0.05, 0) is 17.7 Å². The lowest BCUT2D eigenvalue weighted by Gasteiger charge is -2.14. The molecule has 0 bridgehead atoms. The number of urea groups is 1. The zero-order valence-corrected chi connectivity index (χ0v) is 13.3. The predicted octanol–water partition coefficient (Wildman–Crippen LogP) is -2.25. The van der Waals surface area contributed by atoms with Crippen LogP contribution in [0.25, 0.3) is 0 Å². The molecule has 1 atom stereocenters. The lowest BCUT2D eigenvalue weighted by atomic mass is 10.2. The lowest BCUT2D eigenvalue weighted by molar-refractivity contribution is -0.127. The van der Waals surface area contributed by atoms with Gasteiger partial charge in [-0.15, -0.1) is 0 Å². The van der Waals surface area contributed by atoms with Crippen LogP contribution in [0.1, 0.15) is 5.56 Å². The Labute approximate surface area is 143 Å². The Morgan fingerprint density at radius 3 is 2.28 bits per heavy atom. The first kappa shape index (κ1) is 19.7. The third-order valence-corrected chi connectivity index (χ3v) is 2.96.